The number of aryl methyl sites for hydroxylation is 1. The van der Waals surface area contributed by atoms with Crippen molar-refractivity contribution in [3.63, 3.8) is 0 Å². The molecule has 0 aromatic heterocycles. The van der Waals surface area contributed by atoms with Crippen LogP contribution < -0.4 is 9.47 Å². The molecule has 1 aliphatic carbocycles. The Morgan fingerprint density at radius 2 is 1.47 bits per heavy atom. The number of carbonyl (C=O) groups excluding carboxylic acids is 1. The number of hydrogen-bond acceptors (Lipinski definition) is 5. The van der Waals surface area contributed by atoms with Gasteiger partial charge in [0.15, 0.2) is 0 Å². The van der Waals surface area contributed by atoms with Crippen LogP contribution in [-0.2, 0) is 16.0 Å². The lowest BCUT2D eigenvalue weighted by Gasteiger charge is -2.24. The highest BCUT2D eigenvalue weighted by Crippen LogP contribution is 2.40. The van der Waals surface area contributed by atoms with Crippen molar-refractivity contribution >= 4 is 17.1 Å². The molecule has 0 saturated carbocycles. The molecule has 5 heteroatoms. The minimum atomic E-state index is -0.560. The Morgan fingerprint density at radius 3 is 2.08 bits per heavy atom. The van der Waals surface area contributed by atoms with E-state index in [2.05, 4.69) is 48.5 Å². The van der Waals surface area contributed by atoms with Crippen LogP contribution in [0.3, 0.4) is 0 Å². The van der Waals surface area contributed by atoms with Crippen LogP contribution in [0.1, 0.15) is 62.8 Å². The van der Waals surface area contributed by atoms with Crippen molar-refractivity contribution in [2.45, 2.75) is 53.2 Å². The van der Waals surface area contributed by atoms with E-state index >= 15 is 0 Å². The highest BCUT2D eigenvalue weighted by molar-refractivity contribution is 5.99. The molecule has 0 aliphatic heterocycles. The van der Waals surface area contributed by atoms with Gasteiger partial charge in [-0.05, 0) is 119 Å². The Hall–Kier alpha value is -3.57. The maximum Gasteiger partial charge on any atom is 0.314 e. The molecule has 3 aromatic rings. The number of benzene rings is 3. The normalized spacial score (nSPS) is 15.4. The Morgan fingerprint density at radius 1 is 0.868 bits per heavy atom. The van der Waals surface area contributed by atoms with Gasteiger partial charge in [-0.1, -0.05) is 48.5 Å². The summed E-state index contributed by atoms with van der Waals surface area (Å²) in [7, 11) is 4.01. The van der Waals surface area contributed by atoms with Gasteiger partial charge in [-0.3, -0.25) is 9.69 Å². The van der Waals surface area contributed by atoms with Crippen LogP contribution in [0, 0.1) is 5.41 Å². The van der Waals surface area contributed by atoms with Crippen LogP contribution in [0.15, 0.2) is 72.8 Å². The van der Waals surface area contributed by atoms with Crippen molar-refractivity contribution in [2.75, 3.05) is 20.9 Å². The van der Waals surface area contributed by atoms with E-state index in [9.17, 15) is 4.79 Å². The molecular weight excluding hydrogens is 474 g/mol. The van der Waals surface area contributed by atoms with Gasteiger partial charge in [0.25, 0.3) is 0 Å². The van der Waals surface area contributed by atoms with E-state index in [1.54, 1.807) is 0 Å². The molecule has 38 heavy (non-hydrogen) atoms. The zero-order valence-electron chi connectivity index (χ0n) is 23.4. The minimum absolute atomic E-state index is 0.0147. The molecule has 200 valence electrons. The Labute approximate surface area is 227 Å². The number of esters is 1. The predicted octanol–water partition coefficient (Wildman–Crippen LogP) is 7.19. The maximum absolute atomic E-state index is 12.0. The van der Waals surface area contributed by atoms with Crippen LogP contribution in [-0.4, -0.2) is 38.0 Å². The smallest absolute Gasteiger partial charge is 0.314 e. The summed E-state index contributed by atoms with van der Waals surface area (Å²) in [5.74, 6) is 1.21. The third-order valence-corrected chi connectivity index (χ3v) is 6.86. The van der Waals surface area contributed by atoms with Crippen molar-refractivity contribution < 1.29 is 19.0 Å². The van der Waals surface area contributed by atoms with E-state index < -0.39 is 5.41 Å². The molecule has 1 aliphatic rings. The SMILES string of the molecule is CC(Oc1ccc(C(=C2CCCc3ccccc32)c2ccc(OCOC(=O)C(C)(C)C)cc2)cc1)N(C)C. The summed E-state index contributed by atoms with van der Waals surface area (Å²) in [4.78, 5) is 14.1. The first-order chi connectivity index (χ1) is 18.1. The van der Waals surface area contributed by atoms with Crippen LogP contribution in [0.25, 0.3) is 11.1 Å². The molecule has 0 fully saturated rings. The summed E-state index contributed by atoms with van der Waals surface area (Å²) in [5, 5.41) is 0. The fourth-order valence-electron chi connectivity index (χ4n) is 4.49. The monoisotopic (exact) mass is 513 g/mol. The van der Waals surface area contributed by atoms with E-state index in [4.69, 9.17) is 14.2 Å². The van der Waals surface area contributed by atoms with Crippen molar-refractivity contribution in [2.24, 2.45) is 5.41 Å². The molecule has 0 saturated heterocycles. The van der Waals surface area contributed by atoms with Gasteiger partial charge in [0, 0.05) is 0 Å². The summed E-state index contributed by atoms with van der Waals surface area (Å²) in [6.45, 7) is 7.40. The first kappa shape index (κ1) is 27.5. The number of rotatable bonds is 8. The molecule has 4 rings (SSSR count). The Kier molecular flexibility index (Phi) is 8.58. The zero-order valence-corrected chi connectivity index (χ0v) is 23.4. The average Bonchev–Trinajstić information content (AvgIpc) is 2.90. The molecule has 0 amide bonds. The highest BCUT2D eigenvalue weighted by Gasteiger charge is 2.23. The maximum atomic E-state index is 12.0. The summed E-state index contributed by atoms with van der Waals surface area (Å²) in [5.41, 5.74) is 7.00. The fourth-order valence-corrected chi connectivity index (χ4v) is 4.49. The van der Waals surface area contributed by atoms with Gasteiger partial charge in [-0.2, -0.15) is 0 Å². The number of carbonyl (C=O) groups is 1. The molecule has 5 nitrogen and oxygen atoms in total. The third-order valence-electron chi connectivity index (χ3n) is 6.86. The van der Waals surface area contributed by atoms with Gasteiger partial charge in [-0.15, -0.1) is 0 Å². The van der Waals surface area contributed by atoms with E-state index in [-0.39, 0.29) is 19.0 Å². The standard InChI is InChI=1S/C33H39NO4/c1-23(34(5)6)38-28-20-16-26(17-21-28)31(30-13-9-11-24-10-7-8-12-29(24)30)25-14-18-27(19-15-25)36-22-37-32(35)33(2,3)4/h7-8,10,12,14-21,23H,9,11,13,22H2,1-6H3. The quantitative estimate of drug-likeness (QED) is 0.236. The minimum Gasteiger partial charge on any atom is -0.475 e. The van der Waals surface area contributed by atoms with Crippen molar-refractivity contribution in [1.82, 2.24) is 4.90 Å². The van der Waals surface area contributed by atoms with Crippen LogP contribution in [0.5, 0.6) is 11.5 Å². The Balaban J connectivity index is 1.65. The van der Waals surface area contributed by atoms with Crippen LogP contribution >= 0.6 is 0 Å². The van der Waals surface area contributed by atoms with Crippen LogP contribution in [0.4, 0.5) is 0 Å². The molecule has 0 N–H and O–H groups in total. The summed E-state index contributed by atoms with van der Waals surface area (Å²) in [6.07, 6.45) is 3.22. The van der Waals surface area contributed by atoms with E-state index in [0.717, 1.165) is 36.1 Å². The summed E-state index contributed by atoms with van der Waals surface area (Å²) >= 11 is 0. The topological polar surface area (TPSA) is 48.0 Å². The summed E-state index contributed by atoms with van der Waals surface area (Å²) in [6, 6.07) is 25.1. The number of fused-ring (bicyclic) bond motifs is 1. The van der Waals surface area contributed by atoms with Gasteiger partial charge in [0.2, 0.25) is 6.79 Å². The molecule has 0 radical (unpaired) electrons. The summed E-state index contributed by atoms with van der Waals surface area (Å²) < 4.78 is 17.0. The molecule has 1 atom stereocenters. The van der Waals surface area contributed by atoms with Crippen molar-refractivity contribution in [3.8, 4) is 11.5 Å². The van der Waals surface area contributed by atoms with E-state index in [0.29, 0.717) is 5.75 Å². The number of hydrogen-bond donors (Lipinski definition) is 0. The molecule has 0 heterocycles. The number of ether oxygens (including phenoxy) is 3. The first-order valence-electron chi connectivity index (χ1n) is 13.3. The van der Waals surface area contributed by atoms with Crippen LogP contribution in [0.2, 0.25) is 0 Å². The molecule has 3 aromatic carbocycles. The lowest BCUT2D eigenvalue weighted by molar-refractivity contribution is -0.159. The van der Waals surface area contributed by atoms with Gasteiger partial charge >= 0.3 is 5.97 Å². The second-order valence-corrected chi connectivity index (χ2v) is 11.0. The number of allylic oxidation sites excluding steroid dienone is 1. The molecular formula is C33H39NO4. The van der Waals surface area contributed by atoms with E-state index in [1.165, 1.54) is 22.3 Å². The average molecular weight is 514 g/mol. The lowest BCUT2D eigenvalue weighted by atomic mass is 9.81. The lowest BCUT2D eigenvalue weighted by Crippen LogP contribution is -2.30. The van der Waals surface area contributed by atoms with Gasteiger partial charge in [-0.25, -0.2) is 0 Å². The van der Waals surface area contributed by atoms with Crippen molar-refractivity contribution in [1.29, 1.82) is 0 Å². The van der Waals surface area contributed by atoms with Gasteiger partial charge in [0.1, 0.15) is 17.7 Å². The molecule has 0 spiro atoms. The van der Waals surface area contributed by atoms with Gasteiger partial charge in [0.05, 0.1) is 5.41 Å². The second kappa shape index (κ2) is 11.9. The van der Waals surface area contributed by atoms with E-state index in [1.807, 2.05) is 71.0 Å². The number of nitrogens with zero attached hydrogens (tertiary/aromatic N) is 1. The predicted molar refractivity (Wildman–Crippen MR) is 153 cm³/mol. The Bertz CT molecular complexity index is 1270. The third kappa shape index (κ3) is 6.65. The fraction of sp³-hybridized carbons (Fsp3) is 0.364. The highest BCUT2D eigenvalue weighted by atomic mass is 16.7. The first-order valence-corrected chi connectivity index (χ1v) is 13.3. The molecule has 0 bridgehead atoms. The van der Waals surface area contributed by atoms with Crippen molar-refractivity contribution in [3.05, 3.63) is 95.1 Å². The molecule has 1 unspecified atom stereocenters. The second-order valence-electron chi connectivity index (χ2n) is 11.0. The zero-order chi connectivity index (χ0) is 27.3. The largest absolute Gasteiger partial charge is 0.475 e. The van der Waals surface area contributed by atoms with Gasteiger partial charge < -0.3 is 14.2 Å².